The zero-order valence-corrected chi connectivity index (χ0v) is 24.2. The minimum absolute atomic E-state index is 0.0308. The average molecular weight is 515 g/mol. The maximum Gasteiger partial charge on any atom is 0.203 e. The van der Waals surface area contributed by atoms with E-state index in [0.29, 0.717) is 46.3 Å². The van der Waals surface area contributed by atoms with Gasteiger partial charge in [-0.15, -0.1) is 0 Å². The maximum absolute atomic E-state index is 13.8. The summed E-state index contributed by atoms with van der Waals surface area (Å²) < 4.78 is 34.4. The van der Waals surface area contributed by atoms with Gasteiger partial charge >= 0.3 is 0 Å². The van der Waals surface area contributed by atoms with Gasteiger partial charge in [0.05, 0.1) is 34.5 Å². The zero-order chi connectivity index (χ0) is 26.6. The lowest BCUT2D eigenvalue weighted by Crippen LogP contribution is -2.26. The number of hydrogen-bond acceptors (Lipinski definition) is 7. The molecule has 196 valence electrons. The van der Waals surface area contributed by atoms with Crippen molar-refractivity contribution in [1.82, 2.24) is 0 Å². The van der Waals surface area contributed by atoms with Gasteiger partial charge in [0.2, 0.25) is 5.75 Å². The Kier molecular flexibility index (Phi) is 8.74. The Morgan fingerprint density at radius 3 is 1.92 bits per heavy atom. The summed E-state index contributed by atoms with van der Waals surface area (Å²) in [6.45, 7) is 10.4. The van der Waals surface area contributed by atoms with Crippen LogP contribution in [0.5, 0.6) is 28.7 Å². The van der Waals surface area contributed by atoms with Gasteiger partial charge in [-0.1, -0.05) is 26.8 Å². The first-order valence-electron chi connectivity index (χ1n) is 12.1. The van der Waals surface area contributed by atoms with E-state index in [-0.39, 0.29) is 16.9 Å². The fourth-order valence-electron chi connectivity index (χ4n) is 4.19. The van der Waals surface area contributed by atoms with Crippen LogP contribution in [-0.2, 0) is 9.22 Å². The van der Waals surface area contributed by atoms with Crippen molar-refractivity contribution >= 4 is 26.7 Å². The number of methoxy groups -OCH3 is 4. The van der Waals surface area contributed by atoms with Crippen LogP contribution in [0.2, 0.25) is 5.04 Å². The van der Waals surface area contributed by atoms with Crippen LogP contribution in [0.4, 0.5) is 0 Å². The topological polar surface area (TPSA) is 72.5 Å². The molecule has 0 spiro atoms. The molecule has 0 N–H and O–H groups in total. The average Bonchev–Trinajstić information content (AvgIpc) is 3.16. The van der Waals surface area contributed by atoms with Crippen LogP contribution in [0.1, 0.15) is 52.2 Å². The van der Waals surface area contributed by atoms with E-state index >= 15 is 0 Å². The zero-order valence-electron chi connectivity index (χ0n) is 22.8. The van der Waals surface area contributed by atoms with Crippen LogP contribution in [0.3, 0.4) is 0 Å². The van der Waals surface area contributed by atoms with Crippen molar-refractivity contribution in [1.29, 1.82) is 0 Å². The molecule has 36 heavy (non-hydrogen) atoms. The fourth-order valence-corrected chi connectivity index (χ4v) is 5.16. The predicted molar refractivity (Wildman–Crippen MR) is 144 cm³/mol. The fraction of sp³-hybridized carbons (Fsp3) is 0.464. The van der Waals surface area contributed by atoms with E-state index < -0.39 is 15.9 Å². The van der Waals surface area contributed by atoms with E-state index in [2.05, 4.69) is 20.8 Å². The van der Waals surface area contributed by atoms with Gasteiger partial charge in [-0.05, 0) is 59.9 Å². The second-order valence-electron chi connectivity index (χ2n) is 10.2. The Morgan fingerprint density at radius 2 is 1.42 bits per heavy atom. The third-order valence-electron chi connectivity index (χ3n) is 5.78. The number of carbonyl (C=O) groups excluding carboxylic acids is 1. The minimum Gasteiger partial charge on any atom is -0.493 e. The molecular formula is C28H38O7Si. The number of ether oxygens (including phenoxy) is 5. The third-order valence-corrected chi connectivity index (χ3v) is 7.21. The number of Topliss-reactive ketones (excluding diaryl/α,β-unsaturated/α-hetero) is 1. The molecule has 1 aliphatic rings. The summed E-state index contributed by atoms with van der Waals surface area (Å²) in [4.78, 5) is 13.8. The van der Waals surface area contributed by atoms with Crippen molar-refractivity contribution < 1.29 is 32.9 Å². The van der Waals surface area contributed by atoms with Crippen molar-refractivity contribution in [3.8, 4) is 28.7 Å². The van der Waals surface area contributed by atoms with Gasteiger partial charge in [0.25, 0.3) is 0 Å². The van der Waals surface area contributed by atoms with Crippen molar-refractivity contribution in [3.63, 3.8) is 0 Å². The van der Waals surface area contributed by atoms with E-state index in [1.54, 1.807) is 28.4 Å². The first kappa shape index (κ1) is 27.6. The van der Waals surface area contributed by atoms with Crippen LogP contribution >= 0.6 is 0 Å². The standard InChI is InChI=1S/C28H38O7Si/c1-16(2)34-21-12-17(10-11-20(21)30-6)19-15-22(35-36-28(3,4)5)26(29)25(19)18-13-23(31-7)27(33-9)24(14-18)32-8/h10-14,16,22H,15,36H2,1-9H3. The van der Waals surface area contributed by atoms with Crippen LogP contribution in [-0.4, -0.2) is 56.2 Å². The van der Waals surface area contributed by atoms with E-state index in [1.807, 2.05) is 44.2 Å². The highest BCUT2D eigenvalue weighted by Gasteiger charge is 2.37. The van der Waals surface area contributed by atoms with E-state index in [1.165, 1.54) is 0 Å². The van der Waals surface area contributed by atoms with Crippen LogP contribution in [0.25, 0.3) is 11.1 Å². The van der Waals surface area contributed by atoms with Crippen molar-refractivity contribution in [2.24, 2.45) is 0 Å². The SMILES string of the molecule is COc1ccc(C2=C(c3cc(OC)c(OC)c(OC)c3)C(=O)C(O[SiH2]C(C)(C)C)C2)cc1OC(C)C. The molecule has 2 aromatic rings. The molecule has 0 bridgehead atoms. The Labute approximate surface area is 216 Å². The van der Waals surface area contributed by atoms with E-state index in [9.17, 15) is 4.79 Å². The first-order chi connectivity index (χ1) is 17.0. The third kappa shape index (κ3) is 6.05. The molecule has 1 unspecified atom stereocenters. The van der Waals surface area contributed by atoms with Gasteiger partial charge in [-0.2, -0.15) is 0 Å². The normalized spacial score (nSPS) is 16.3. The number of ketones is 1. The van der Waals surface area contributed by atoms with Gasteiger partial charge in [0, 0.05) is 12.0 Å². The number of carbonyl (C=O) groups is 1. The Balaban J connectivity index is 2.19. The molecular weight excluding hydrogens is 476 g/mol. The van der Waals surface area contributed by atoms with Gasteiger partial charge in [0.1, 0.15) is 6.10 Å². The summed E-state index contributed by atoms with van der Waals surface area (Å²) in [6, 6.07) is 9.38. The molecule has 0 heterocycles. The molecule has 0 saturated heterocycles. The Hall–Kier alpha value is -2.97. The highest BCUT2D eigenvalue weighted by atomic mass is 28.2. The molecule has 8 heteroatoms. The van der Waals surface area contributed by atoms with E-state index in [0.717, 1.165) is 11.1 Å². The van der Waals surface area contributed by atoms with Gasteiger partial charge in [-0.25, -0.2) is 0 Å². The summed E-state index contributed by atoms with van der Waals surface area (Å²) in [5, 5.41) is 0.0636. The largest absolute Gasteiger partial charge is 0.493 e. The molecule has 1 atom stereocenters. The molecule has 0 saturated carbocycles. The highest BCUT2D eigenvalue weighted by Crippen LogP contribution is 2.46. The lowest BCUT2D eigenvalue weighted by molar-refractivity contribution is -0.119. The van der Waals surface area contributed by atoms with Crippen LogP contribution in [0.15, 0.2) is 30.3 Å². The number of benzene rings is 2. The number of hydrogen-bond donors (Lipinski definition) is 0. The smallest absolute Gasteiger partial charge is 0.203 e. The van der Waals surface area contributed by atoms with Crippen LogP contribution < -0.4 is 23.7 Å². The summed E-state index contributed by atoms with van der Waals surface area (Å²) in [7, 11) is 5.35. The maximum atomic E-state index is 13.8. The monoisotopic (exact) mass is 514 g/mol. The van der Waals surface area contributed by atoms with Gasteiger partial charge in [-0.3, -0.25) is 4.79 Å². The molecule has 0 aromatic heterocycles. The molecule has 0 fully saturated rings. The summed E-state index contributed by atoms with van der Waals surface area (Å²) in [5.41, 5.74) is 3.04. The van der Waals surface area contributed by atoms with Gasteiger partial charge < -0.3 is 28.1 Å². The molecule has 1 aliphatic carbocycles. The van der Waals surface area contributed by atoms with Crippen molar-refractivity contribution in [2.75, 3.05) is 28.4 Å². The molecule has 0 amide bonds. The van der Waals surface area contributed by atoms with Crippen LogP contribution in [0, 0.1) is 0 Å². The highest BCUT2D eigenvalue weighted by molar-refractivity contribution is 6.36. The molecule has 7 nitrogen and oxygen atoms in total. The Bertz CT molecular complexity index is 1110. The van der Waals surface area contributed by atoms with Crippen molar-refractivity contribution in [2.45, 2.75) is 58.3 Å². The minimum atomic E-state index is -0.946. The second-order valence-corrected chi connectivity index (χ2v) is 13.0. The second kappa shape index (κ2) is 11.4. The van der Waals surface area contributed by atoms with Crippen molar-refractivity contribution in [3.05, 3.63) is 41.5 Å². The summed E-state index contributed by atoms with van der Waals surface area (Å²) >= 11 is 0. The number of rotatable bonds is 10. The lowest BCUT2D eigenvalue weighted by Gasteiger charge is -2.20. The first-order valence-corrected chi connectivity index (χ1v) is 13.4. The van der Waals surface area contributed by atoms with Gasteiger partial charge in [0.15, 0.2) is 38.5 Å². The summed E-state index contributed by atoms with van der Waals surface area (Å²) in [6.07, 6.45) is -0.0882. The molecule has 3 rings (SSSR count). The Morgan fingerprint density at radius 1 is 0.833 bits per heavy atom. The quantitative estimate of drug-likeness (QED) is 0.410. The van der Waals surface area contributed by atoms with E-state index in [4.69, 9.17) is 28.1 Å². The summed E-state index contributed by atoms with van der Waals surface area (Å²) in [5.74, 6) is 2.67. The molecule has 0 aliphatic heterocycles. The predicted octanol–water partition coefficient (Wildman–Crippen LogP) is 5.08. The molecule has 2 aromatic carbocycles. The lowest BCUT2D eigenvalue weighted by atomic mass is 9.95. The molecule has 0 radical (unpaired) electrons.